The lowest BCUT2D eigenvalue weighted by Crippen LogP contribution is -2.24. The molecule has 2 aromatic rings. The molecule has 5 nitrogen and oxygen atoms in total. The number of benzene rings is 1. The third-order valence-electron chi connectivity index (χ3n) is 2.17. The van der Waals surface area contributed by atoms with Crippen molar-refractivity contribution in [3.63, 3.8) is 0 Å². The molecule has 1 aromatic carbocycles. The number of aliphatic hydroxyl groups is 1. The van der Waals surface area contributed by atoms with Crippen LogP contribution in [0.5, 0.6) is 5.75 Å². The van der Waals surface area contributed by atoms with Crippen molar-refractivity contribution in [1.82, 2.24) is 10.3 Å². The number of aromatic nitrogens is 1. The zero-order chi connectivity index (χ0) is 11.5. The molecule has 0 aliphatic heterocycles. The molecule has 1 heterocycles. The van der Waals surface area contributed by atoms with Crippen LogP contribution in [0, 0.1) is 0 Å². The minimum absolute atomic E-state index is 0.0242. The molecule has 0 fully saturated rings. The van der Waals surface area contributed by atoms with Crippen molar-refractivity contribution in [3.05, 3.63) is 36.0 Å². The van der Waals surface area contributed by atoms with E-state index >= 15 is 0 Å². The van der Waals surface area contributed by atoms with Crippen molar-refractivity contribution < 1.29 is 15.0 Å². The van der Waals surface area contributed by atoms with Crippen LogP contribution in [0.15, 0.2) is 30.3 Å². The molecule has 1 amide bonds. The first-order valence-corrected chi connectivity index (χ1v) is 4.70. The highest BCUT2D eigenvalue weighted by Crippen LogP contribution is 2.22. The fraction of sp³-hybridized carbons (Fsp3) is 0.0909. The number of hydrogen-bond acceptors (Lipinski definition) is 4. The first-order valence-electron chi connectivity index (χ1n) is 4.70. The van der Waals surface area contributed by atoms with Gasteiger partial charge in [-0.3, -0.25) is 4.79 Å². The van der Waals surface area contributed by atoms with Crippen LogP contribution in [0.3, 0.4) is 0 Å². The summed E-state index contributed by atoms with van der Waals surface area (Å²) < 4.78 is 0. The Hall–Kier alpha value is -2.14. The maximum Gasteiger partial charge on any atom is 0.271 e. The Bertz CT molecular complexity index is 540. The summed E-state index contributed by atoms with van der Waals surface area (Å²) in [4.78, 5) is 15.4. The van der Waals surface area contributed by atoms with E-state index < -0.39 is 12.6 Å². The van der Waals surface area contributed by atoms with Crippen molar-refractivity contribution in [3.8, 4) is 5.75 Å². The Kier molecular flexibility index (Phi) is 2.70. The molecular formula is C11H10N2O3. The number of pyridine rings is 1. The zero-order valence-corrected chi connectivity index (χ0v) is 8.34. The van der Waals surface area contributed by atoms with Crippen LogP contribution < -0.4 is 5.32 Å². The molecule has 0 radical (unpaired) electrons. The molecule has 0 saturated carbocycles. The van der Waals surface area contributed by atoms with E-state index in [0.717, 1.165) is 5.39 Å². The van der Waals surface area contributed by atoms with E-state index in [0.29, 0.717) is 5.52 Å². The normalized spacial score (nSPS) is 10.3. The van der Waals surface area contributed by atoms with Gasteiger partial charge in [0.25, 0.3) is 5.91 Å². The van der Waals surface area contributed by atoms with E-state index in [4.69, 9.17) is 5.11 Å². The fourth-order valence-corrected chi connectivity index (χ4v) is 1.42. The molecule has 0 bridgehead atoms. The van der Waals surface area contributed by atoms with E-state index in [2.05, 4.69) is 10.3 Å². The summed E-state index contributed by atoms with van der Waals surface area (Å²) in [5.41, 5.74) is 0.524. The average molecular weight is 218 g/mol. The number of aromatic hydroxyl groups is 1. The highest BCUT2D eigenvalue weighted by molar-refractivity contribution is 5.95. The Morgan fingerprint density at radius 2 is 2.12 bits per heavy atom. The van der Waals surface area contributed by atoms with Crippen molar-refractivity contribution in [2.24, 2.45) is 0 Å². The maximum atomic E-state index is 11.4. The van der Waals surface area contributed by atoms with Gasteiger partial charge >= 0.3 is 0 Å². The van der Waals surface area contributed by atoms with Crippen LogP contribution >= 0.6 is 0 Å². The number of carbonyl (C=O) groups excluding carboxylic acids is 1. The van der Waals surface area contributed by atoms with Crippen LogP contribution in [0.2, 0.25) is 0 Å². The molecule has 1 aromatic heterocycles. The number of para-hydroxylation sites is 1. The second-order valence-corrected chi connectivity index (χ2v) is 3.21. The number of fused-ring (bicyclic) bond motifs is 1. The van der Waals surface area contributed by atoms with Crippen molar-refractivity contribution in [1.29, 1.82) is 0 Å². The third kappa shape index (κ3) is 1.80. The minimum atomic E-state index is -0.479. The number of amides is 1. The van der Waals surface area contributed by atoms with Crippen LogP contribution in [0.1, 0.15) is 10.5 Å². The van der Waals surface area contributed by atoms with Gasteiger partial charge in [-0.25, -0.2) is 4.98 Å². The molecular weight excluding hydrogens is 208 g/mol. The number of hydrogen-bond donors (Lipinski definition) is 3. The standard InChI is InChI=1S/C11H10N2O3/c14-6-12-11(16)8-5-4-7-2-1-3-9(15)10(7)13-8/h1-5,14-15H,6H2,(H,12,16). The van der Waals surface area contributed by atoms with Crippen molar-refractivity contribution in [2.75, 3.05) is 6.73 Å². The van der Waals surface area contributed by atoms with Crippen molar-refractivity contribution in [2.45, 2.75) is 0 Å². The molecule has 3 N–H and O–H groups in total. The molecule has 0 aliphatic carbocycles. The van der Waals surface area contributed by atoms with Gasteiger partial charge in [0.2, 0.25) is 0 Å². The van der Waals surface area contributed by atoms with Gasteiger partial charge in [-0.1, -0.05) is 18.2 Å². The Labute approximate surface area is 91.4 Å². The Morgan fingerprint density at radius 3 is 2.88 bits per heavy atom. The SMILES string of the molecule is O=C(NCO)c1ccc2cccc(O)c2n1. The molecule has 0 spiro atoms. The van der Waals surface area contributed by atoms with Gasteiger partial charge in [-0.05, 0) is 12.1 Å². The lowest BCUT2D eigenvalue weighted by molar-refractivity contribution is 0.0905. The Morgan fingerprint density at radius 1 is 1.31 bits per heavy atom. The van der Waals surface area contributed by atoms with Gasteiger partial charge in [-0.15, -0.1) is 0 Å². The molecule has 0 saturated heterocycles. The van der Waals surface area contributed by atoms with Gasteiger partial charge in [0.05, 0.1) is 0 Å². The van der Waals surface area contributed by atoms with Crippen LogP contribution in [0.4, 0.5) is 0 Å². The lowest BCUT2D eigenvalue weighted by atomic mass is 10.2. The zero-order valence-electron chi connectivity index (χ0n) is 8.34. The minimum Gasteiger partial charge on any atom is -0.506 e. The van der Waals surface area contributed by atoms with Gasteiger partial charge < -0.3 is 15.5 Å². The summed E-state index contributed by atoms with van der Waals surface area (Å²) in [5.74, 6) is -0.455. The molecule has 16 heavy (non-hydrogen) atoms. The fourth-order valence-electron chi connectivity index (χ4n) is 1.42. The summed E-state index contributed by atoms with van der Waals surface area (Å²) in [5, 5.41) is 21.1. The summed E-state index contributed by atoms with van der Waals surface area (Å²) in [6, 6.07) is 8.22. The van der Waals surface area contributed by atoms with E-state index in [1.165, 1.54) is 12.1 Å². The number of phenols is 1. The first-order chi connectivity index (χ1) is 7.72. The second kappa shape index (κ2) is 4.16. The van der Waals surface area contributed by atoms with Gasteiger partial charge in [0.15, 0.2) is 0 Å². The van der Waals surface area contributed by atoms with Crippen LogP contribution in [-0.2, 0) is 0 Å². The monoisotopic (exact) mass is 218 g/mol. The number of nitrogens with zero attached hydrogens (tertiary/aromatic N) is 1. The lowest BCUT2D eigenvalue weighted by Gasteiger charge is -2.03. The maximum absolute atomic E-state index is 11.4. The highest BCUT2D eigenvalue weighted by atomic mass is 16.3. The summed E-state index contributed by atoms with van der Waals surface area (Å²) >= 11 is 0. The Balaban J connectivity index is 2.51. The van der Waals surface area contributed by atoms with Crippen molar-refractivity contribution >= 4 is 16.8 Å². The molecule has 2 rings (SSSR count). The predicted octanol–water partition coefficient (Wildman–Crippen LogP) is 0.620. The molecule has 0 aliphatic rings. The summed E-state index contributed by atoms with van der Waals surface area (Å²) in [6.45, 7) is -0.445. The number of phenolic OH excluding ortho intramolecular Hbond substituents is 1. The first kappa shape index (κ1) is 10.4. The number of carbonyl (C=O) groups is 1. The predicted molar refractivity (Wildman–Crippen MR) is 58.0 cm³/mol. The van der Waals surface area contributed by atoms with Gasteiger partial charge in [0.1, 0.15) is 23.7 Å². The van der Waals surface area contributed by atoms with E-state index in [1.54, 1.807) is 18.2 Å². The molecule has 0 atom stereocenters. The number of rotatable bonds is 2. The largest absolute Gasteiger partial charge is 0.506 e. The molecule has 5 heteroatoms. The van der Waals surface area contributed by atoms with Crippen LogP contribution in [0.25, 0.3) is 10.9 Å². The van der Waals surface area contributed by atoms with Gasteiger partial charge in [-0.2, -0.15) is 0 Å². The van der Waals surface area contributed by atoms with Gasteiger partial charge in [0, 0.05) is 5.39 Å². The van der Waals surface area contributed by atoms with E-state index in [9.17, 15) is 9.90 Å². The second-order valence-electron chi connectivity index (χ2n) is 3.21. The topological polar surface area (TPSA) is 82.5 Å². The van der Waals surface area contributed by atoms with Crippen LogP contribution in [-0.4, -0.2) is 27.8 Å². The van der Waals surface area contributed by atoms with E-state index in [-0.39, 0.29) is 11.4 Å². The summed E-state index contributed by atoms with van der Waals surface area (Å²) in [6.07, 6.45) is 0. The smallest absolute Gasteiger partial charge is 0.271 e. The molecule has 0 unspecified atom stereocenters. The molecule has 82 valence electrons. The average Bonchev–Trinajstić information content (AvgIpc) is 2.29. The third-order valence-corrected chi connectivity index (χ3v) is 2.17. The quantitative estimate of drug-likeness (QED) is 0.645. The highest BCUT2D eigenvalue weighted by Gasteiger charge is 2.08. The summed E-state index contributed by atoms with van der Waals surface area (Å²) in [7, 11) is 0. The van der Waals surface area contributed by atoms with E-state index in [1.807, 2.05) is 0 Å². The number of aliphatic hydroxyl groups excluding tert-OH is 1. The number of nitrogens with one attached hydrogen (secondary N) is 1.